The van der Waals surface area contributed by atoms with Gasteiger partial charge in [-0.15, -0.1) is 0 Å². The molecule has 1 saturated heterocycles. The molecular weight excluding hydrogens is 268 g/mol. The minimum atomic E-state index is -0.00282. The average molecular weight is 290 g/mol. The van der Waals surface area contributed by atoms with Gasteiger partial charge in [0, 0.05) is 31.7 Å². The number of anilines is 1. The predicted molar refractivity (Wildman–Crippen MR) is 81.6 cm³/mol. The van der Waals surface area contributed by atoms with Crippen molar-refractivity contribution in [3.8, 4) is 0 Å². The summed E-state index contributed by atoms with van der Waals surface area (Å²) in [5.74, 6) is 0.0580. The number of nitrogens with one attached hydrogen (secondary N) is 2. The first kappa shape index (κ1) is 15.5. The van der Waals surface area contributed by atoms with Crippen molar-refractivity contribution in [1.82, 2.24) is 10.2 Å². The molecular formula is C15H22N4O2. The van der Waals surface area contributed by atoms with Crippen LogP contribution in [0.25, 0.3) is 0 Å². The summed E-state index contributed by atoms with van der Waals surface area (Å²) in [4.78, 5) is 25.1. The third-order valence-electron chi connectivity index (χ3n) is 3.47. The van der Waals surface area contributed by atoms with Crippen LogP contribution in [0.5, 0.6) is 0 Å². The van der Waals surface area contributed by atoms with Crippen LogP contribution in [-0.2, 0) is 16.1 Å². The number of carbonyl (C=O) groups excluding carboxylic acids is 2. The van der Waals surface area contributed by atoms with Crippen molar-refractivity contribution in [2.75, 3.05) is 31.5 Å². The number of nitrogens with two attached hydrogens (primary N) is 1. The van der Waals surface area contributed by atoms with Crippen molar-refractivity contribution in [3.05, 3.63) is 29.8 Å². The first-order valence-electron chi connectivity index (χ1n) is 7.25. The minimum Gasteiger partial charge on any atom is -0.354 e. The zero-order chi connectivity index (χ0) is 15.1. The molecule has 114 valence electrons. The fraction of sp³-hybridized carbons (Fsp3) is 0.467. The van der Waals surface area contributed by atoms with Crippen LogP contribution in [-0.4, -0.2) is 42.9 Å². The van der Waals surface area contributed by atoms with Crippen molar-refractivity contribution >= 4 is 17.5 Å². The maximum absolute atomic E-state index is 11.8. The molecule has 1 fully saturated rings. The van der Waals surface area contributed by atoms with Crippen LogP contribution < -0.4 is 16.4 Å². The molecule has 0 aliphatic carbocycles. The van der Waals surface area contributed by atoms with Crippen molar-refractivity contribution in [2.45, 2.75) is 19.4 Å². The number of carbonyl (C=O) groups is 2. The predicted octanol–water partition coefficient (Wildman–Crippen LogP) is 0.296. The van der Waals surface area contributed by atoms with Gasteiger partial charge in [-0.25, -0.2) is 0 Å². The Morgan fingerprint density at radius 3 is 2.76 bits per heavy atom. The molecule has 6 nitrogen and oxygen atoms in total. The number of hydrogen-bond acceptors (Lipinski definition) is 4. The van der Waals surface area contributed by atoms with Crippen molar-refractivity contribution < 1.29 is 9.59 Å². The molecule has 1 aromatic carbocycles. The fourth-order valence-electron chi connectivity index (χ4n) is 2.29. The van der Waals surface area contributed by atoms with E-state index in [0.717, 1.165) is 30.8 Å². The fourth-order valence-corrected chi connectivity index (χ4v) is 2.29. The molecule has 4 N–H and O–H groups in total. The molecule has 0 unspecified atom stereocenters. The Hall–Kier alpha value is -1.92. The van der Waals surface area contributed by atoms with E-state index >= 15 is 0 Å². The van der Waals surface area contributed by atoms with Gasteiger partial charge in [0.15, 0.2) is 0 Å². The molecule has 1 heterocycles. The summed E-state index contributed by atoms with van der Waals surface area (Å²) in [7, 11) is 0. The van der Waals surface area contributed by atoms with E-state index in [1.807, 2.05) is 24.3 Å². The third kappa shape index (κ3) is 5.17. The summed E-state index contributed by atoms with van der Waals surface area (Å²) < 4.78 is 0. The van der Waals surface area contributed by atoms with Crippen LogP contribution in [0.3, 0.4) is 0 Å². The van der Waals surface area contributed by atoms with Crippen LogP contribution in [0, 0.1) is 0 Å². The second-order valence-corrected chi connectivity index (χ2v) is 5.18. The first-order valence-corrected chi connectivity index (χ1v) is 7.25. The molecule has 0 atom stereocenters. The molecule has 21 heavy (non-hydrogen) atoms. The van der Waals surface area contributed by atoms with Crippen LogP contribution in [0.15, 0.2) is 24.3 Å². The molecule has 0 aromatic heterocycles. The summed E-state index contributed by atoms with van der Waals surface area (Å²) in [6, 6.07) is 7.52. The molecule has 6 heteroatoms. The molecule has 2 rings (SSSR count). The molecule has 1 aromatic rings. The van der Waals surface area contributed by atoms with Crippen LogP contribution in [0.4, 0.5) is 5.69 Å². The second-order valence-electron chi connectivity index (χ2n) is 5.18. The maximum atomic E-state index is 11.8. The van der Waals surface area contributed by atoms with Gasteiger partial charge in [0.05, 0.1) is 6.54 Å². The highest BCUT2D eigenvalue weighted by atomic mass is 16.2. The van der Waals surface area contributed by atoms with Gasteiger partial charge in [0.1, 0.15) is 0 Å². The third-order valence-corrected chi connectivity index (χ3v) is 3.47. The number of amides is 2. The van der Waals surface area contributed by atoms with E-state index in [1.54, 1.807) is 0 Å². The first-order chi connectivity index (χ1) is 10.2. The number of benzene rings is 1. The van der Waals surface area contributed by atoms with Crippen LogP contribution in [0.2, 0.25) is 0 Å². The van der Waals surface area contributed by atoms with E-state index in [-0.39, 0.29) is 11.8 Å². The van der Waals surface area contributed by atoms with Gasteiger partial charge in [-0.05, 0) is 30.7 Å². The summed E-state index contributed by atoms with van der Waals surface area (Å²) in [5, 5.41) is 5.65. The number of piperazine rings is 1. The van der Waals surface area contributed by atoms with E-state index in [9.17, 15) is 9.59 Å². The Labute approximate surface area is 124 Å². The number of rotatable bonds is 6. The van der Waals surface area contributed by atoms with Crippen LogP contribution in [0.1, 0.15) is 18.4 Å². The Balaban J connectivity index is 1.68. The number of nitrogens with zero attached hydrogens (tertiary/aromatic N) is 1. The summed E-state index contributed by atoms with van der Waals surface area (Å²) in [5.41, 5.74) is 7.35. The highest BCUT2D eigenvalue weighted by molar-refractivity contribution is 5.90. The topological polar surface area (TPSA) is 87.5 Å². The summed E-state index contributed by atoms with van der Waals surface area (Å²) in [6.45, 7) is 3.25. The molecule has 1 aliphatic heterocycles. The maximum Gasteiger partial charge on any atom is 0.234 e. The molecule has 2 amide bonds. The summed E-state index contributed by atoms with van der Waals surface area (Å²) >= 11 is 0. The zero-order valence-corrected chi connectivity index (χ0v) is 12.1. The van der Waals surface area contributed by atoms with E-state index in [4.69, 9.17) is 5.73 Å². The quantitative estimate of drug-likeness (QED) is 0.703. The SMILES string of the molecule is NCc1ccc(NC(=O)CCCN2CCNC(=O)C2)cc1. The van der Waals surface area contributed by atoms with E-state index in [2.05, 4.69) is 15.5 Å². The lowest BCUT2D eigenvalue weighted by molar-refractivity contribution is -0.124. The highest BCUT2D eigenvalue weighted by Gasteiger charge is 2.15. The van der Waals surface area contributed by atoms with E-state index in [1.165, 1.54) is 0 Å². The smallest absolute Gasteiger partial charge is 0.234 e. The Morgan fingerprint density at radius 2 is 2.10 bits per heavy atom. The van der Waals surface area contributed by atoms with Gasteiger partial charge in [-0.3, -0.25) is 14.5 Å². The van der Waals surface area contributed by atoms with Gasteiger partial charge < -0.3 is 16.4 Å². The highest BCUT2D eigenvalue weighted by Crippen LogP contribution is 2.10. The normalized spacial score (nSPS) is 15.6. The zero-order valence-electron chi connectivity index (χ0n) is 12.1. The lowest BCUT2D eigenvalue weighted by Gasteiger charge is -2.26. The van der Waals surface area contributed by atoms with Gasteiger partial charge in [-0.1, -0.05) is 12.1 Å². The van der Waals surface area contributed by atoms with Gasteiger partial charge in [0.25, 0.3) is 0 Å². The number of hydrogen-bond donors (Lipinski definition) is 3. The molecule has 0 bridgehead atoms. The molecule has 0 saturated carbocycles. The van der Waals surface area contributed by atoms with Gasteiger partial charge in [0.2, 0.25) is 11.8 Å². The van der Waals surface area contributed by atoms with E-state index < -0.39 is 0 Å². The van der Waals surface area contributed by atoms with Gasteiger partial charge >= 0.3 is 0 Å². The molecule has 1 aliphatic rings. The van der Waals surface area contributed by atoms with Crippen LogP contribution >= 0.6 is 0 Å². The Morgan fingerprint density at radius 1 is 1.33 bits per heavy atom. The largest absolute Gasteiger partial charge is 0.354 e. The lowest BCUT2D eigenvalue weighted by Crippen LogP contribution is -2.47. The standard InChI is InChI=1S/C15H22N4O2/c16-10-12-3-5-13(6-4-12)18-14(20)2-1-8-19-9-7-17-15(21)11-19/h3-6H,1-2,7-11,16H2,(H,17,21)(H,18,20). The molecule has 0 radical (unpaired) electrons. The monoisotopic (exact) mass is 290 g/mol. The van der Waals surface area contributed by atoms with Crippen molar-refractivity contribution in [1.29, 1.82) is 0 Å². The van der Waals surface area contributed by atoms with E-state index in [0.29, 0.717) is 26.1 Å². The average Bonchev–Trinajstić information content (AvgIpc) is 2.48. The van der Waals surface area contributed by atoms with Crippen molar-refractivity contribution in [3.63, 3.8) is 0 Å². The minimum absolute atomic E-state index is 0.00282. The molecule has 0 spiro atoms. The summed E-state index contributed by atoms with van der Waals surface area (Å²) in [6.07, 6.45) is 1.21. The van der Waals surface area contributed by atoms with Crippen molar-refractivity contribution in [2.24, 2.45) is 5.73 Å². The Kier molecular flexibility index (Phi) is 5.71. The van der Waals surface area contributed by atoms with Gasteiger partial charge in [-0.2, -0.15) is 0 Å². The second kappa shape index (κ2) is 7.75. The Bertz CT molecular complexity index is 487. The lowest BCUT2D eigenvalue weighted by atomic mass is 10.2.